The van der Waals surface area contributed by atoms with E-state index >= 15 is 0 Å². The Morgan fingerprint density at radius 1 is 0.935 bits per heavy atom. The van der Waals surface area contributed by atoms with Gasteiger partial charge in [-0.1, -0.05) is 77.5 Å². The van der Waals surface area contributed by atoms with Crippen LogP contribution in [0.3, 0.4) is 0 Å². The molecule has 1 unspecified atom stereocenters. The fourth-order valence-corrected chi connectivity index (χ4v) is 4.48. The van der Waals surface area contributed by atoms with E-state index in [2.05, 4.69) is 21.5 Å². The Morgan fingerprint density at radius 2 is 1.61 bits per heavy atom. The van der Waals surface area contributed by atoms with Gasteiger partial charge in [-0.05, 0) is 43.3 Å². The molecule has 4 aromatic rings. The number of hydrogen-bond donors (Lipinski definition) is 1. The molecule has 4 rings (SSSR count). The number of fused-ring (bicyclic) bond motifs is 1. The second kappa shape index (κ2) is 8.91. The van der Waals surface area contributed by atoms with E-state index < -0.39 is 16.1 Å². The van der Waals surface area contributed by atoms with Crippen molar-refractivity contribution in [1.29, 1.82) is 0 Å². The Labute approximate surface area is 187 Å². The lowest BCUT2D eigenvalue weighted by molar-refractivity contribution is 0.576. The van der Waals surface area contributed by atoms with Gasteiger partial charge in [0.25, 0.3) is 0 Å². The van der Waals surface area contributed by atoms with Gasteiger partial charge < -0.3 is 0 Å². The zero-order valence-corrected chi connectivity index (χ0v) is 18.3. The molecule has 0 saturated carbocycles. The summed E-state index contributed by atoms with van der Waals surface area (Å²) >= 11 is 6.46. The molecule has 1 heterocycles. The van der Waals surface area contributed by atoms with Crippen LogP contribution in [0.4, 0.5) is 0 Å². The Kier molecular flexibility index (Phi) is 6.06. The Bertz CT molecular complexity index is 1390. The molecule has 4 nitrogen and oxygen atoms in total. The predicted octanol–water partition coefficient (Wildman–Crippen LogP) is 5.27. The highest BCUT2D eigenvalue weighted by Gasteiger charge is 2.23. The zero-order valence-electron chi connectivity index (χ0n) is 16.7. The van der Waals surface area contributed by atoms with E-state index in [9.17, 15) is 8.42 Å². The predicted molar refractivity (Wildman–Crippen MR) is 124 cm³/mol. The van der Waals surface area contributed by atoms with Crippen molar-refractivity contribution >= 4 is 32.5 Å². The monoisotopic (exact) mass is 446 g/mol. The van der Waals surface area contributed by atoms with E-state index in [1.54, 1.807) is 24.3 Å². The van der Waals surface area contributed by atoms with Crippen molar-refractivity contribution in [2.24, 2.45) is 0 Å². The summed E-state index contributed by atoms with van der Waals surface area (Å²) in [5.74, 6) is 6.07. The van der Waals surface area contributed by atoms with Crippen LogP contribution in [-0.4, -0.2) is 13.4 Å². The van der Waals surface area contributed by atoms with Gasteiger partial charge in [-0.3, -0.25) is 0 Å². The number of benzene rings is 3. The van der Waals surface area contributed by atoms with Crippen molar-refractivity contribution in [3.05, 3.63) is 107 Å². The molecule has 6 heteroatoms. The van der Waals surface area contributed by atoms with Crippen LogP contribution in [0.5, 0.6) is 0 Å². The first-order valence-corrected chi connectivity index (χ1v) is 11.5. The number of sulfonamides is 1. The average Bonchev–Trinajstić information content (AvgIpc) is 2.77. The molecule has 0 bridgehead atoms. The first-order valence-electron chi connectivity index (χ1n) is 9.63. The summed E-state index contributed by atoms with van der Waals surface area (Å²) in [5, 5.41) is 1.06. The van der Waals surface area contributed by atoms with Crippen molar-refractivity contribution in [1.82, 2.24) is 9.71 Å². The van der Waals surface area contributed by atoms with Crippen LogP contribution in [0.15, 0.2) is 89.8 Å². The molecular formula is C25H19ClN2O2S. The molecule has 0 aliphatic rings. The third-order valence-corrected chi connectivity index (χ3v) is 6.50. The van der Waals surface area contributed by atoms with Gasteiger partial charge in [-0.15, -0.1) is 0 Å². The number of nitrogens with one attached hydrogen (secondary N) is 1. The number of pyridine rings is 1. The highest BCUT2D eigenvalue weighted by atomic mass is 35.5. The summed E-state index contributed by atoms with van der Waals surface area (Å²) in [7, 11) is -3.84. The van der Waals surface area contributed by atoms with E-state index in [4.69, 9.17) is 11.6 Å². The molecule has 154 valence electrons. The molecule has 0 aliphatic heterocycles. The van der Waals surface area contributed by atoms with Crippen LogP contribution in [-0.2, 0) is 10.0 Å². The van der Waals surface area contributed by atoms with Gasteiger partial charge in [0, 0.05) is 16.5 Å². The van der Waals surface area contributed by atoms with Crippen molar-refractivity contribution in [3.63, 3.8) is 0 Å². The van der Waals surface area contributed by atoms with E-state index in [1.807, 2.05) is 67.6 Å². The third-order valence-electron chi connectivity index (χ3n) is 4.75. The molecule has 31 heavy (non-hydrogen) atoms. The maximum absolute atomic E-state index is 13.1. The van der Waals surface area contributed by atoms with Crippen LogP contribution in [0, 0.1) is 18.8 Å². The molecule has 0 fully saturated rings. The molecule has 1 aromatic heterocycles. The van der Waals surface area contributed by atoms with Crippen LogP contribution >= 0.6 is 11.6 Å². The van der Waals surface area contributed by atoms with Crippen LogP contribution in [0.1, 0.15) is 22.7 Å². The van der Waals surface area contributed by atoms with Gasteiger partial charge in [-0.25, -0.2) is 13.4 Å². The Morgan fingerprint density at radius 3 is 2.35 bits per heavy atom. The second-order valence-electron chi connectivity index (χ2n) is 7.06. The number of rotatable bonds is 4. The molecule has 0 amide bonds. The van der Waals surface area contributed by atoms with Crippen LogP contribution in [0.25, 0.3) is 10.9 Å². The summed E-state index contributed by atoms with van der Waals surface area (Å²) < 4.78 is 28.8. The van der Waals surface area contributed by atoms with Gasteiger partial charge in [0.15, 0.2) is 0 Å². The highest BCUT2D eigenvalue weighted by molar-refractivity contribution is 7.89. The zero-order chi connectivity index (χ0) is 21.8. The van der Waals surface area contributed by atoms with Crippen molar-refractivity contribution < 1.29 is 8.42 Å². The molecule has 3 aromatic carbocycles. The largest absolute Gasteiger partial charge is 0.241 e. The minimum absolute atomic E-state index is 0.162. The first-order chi connectivity index (χ1) is 14.9. The lowest BCUT2D eigenvalue weighted by Crippen LogP contribution is -2.28. The quantitative estimate of drug-likeness (QED) is 0.343. The summed E-state index contributed by atoms with van der Waals surface area (Å²) in [6.07, 6.45) is 0. The number of nitrogens with zero attached hydrogens (tertiary/aromatic N) is 1. The fourth-order valence-electron chi connectivity index (χ4n) is 3.10. The number of aryl methyl sites for hydroxylation is 1. The van der Waals surface area contributed by atoms with E-state index in [0.29, 0.717) is 5.56 Å². The minimum Gasteiger partial charge on any atom is -0.236 e. The minimum atomic E-state index is -3.84. The average molecular weight is 447 g/mol. The van der Waals surface area contributed by atoms with Gasteiger partial charge in [0.05, 0.1) is 10.4 Å². The molecule has 0 aliphatic carbocycles. The lowest BCUT2D eigenvalue weighted by atomic mass is 10.1. The van der Waals surface area contributed by atoms with Gasteiger partial charge >= 0.3 is 0 Å². The topological polar surface area (TPSA) is 59.1 Å². The van der Waals surface area contributed by atoms with Gasteiger partial charge in [0.2, 0.25) is 10.0 Å². The number of aromatic nitrogens is 1. The molecule has 0 saturated heterocycles. The first kappa shape index (κ1) is 21.1. The second-order valence-corrected chi connectivity index (χ2v) is 9.14. The van der Waals surface area contributed by atoms with E-state index in [1.165, 1.54) is 0 Å². The molecule has 0 radical (unpaired) electrons. The van der Waals surface area contributed by atoms with Crippen molar-refractivity contribution in [2.75, 3.05) is 0 Å². The maximum Gasteiger partial charge on any atom is 0.241 e. The summed E-state index contributed by atoms with van der Waals surface area (Å²) in [6, 6.07) is 24.5. The van der Waals surface area contributed by atoms with Crippen molar-refractivity contribution in [3.8, 4) is 11.8 Å². The number of hydrogen-bond acceptors (Lipinski definition) is 3. The smallest absolute Gasteiger partial charge is 0.236 e. The normalized spacial score (nSPS) is 12.2. The molecule has 0 spiro atoms. The Hall–Kier alpha value is -3.17. The van der Waals surface area contributed by atoms with E-state index in [0.717, 1.165) is 22.0 Å². The number of para-hydroxylation sites is 1. The molecule has 1 N–H and O–H groups in total. The van der Waals surface area contributed by atoms with E-state index in [-0.39, 0.29) is 10.0 Å². The number of halogens is 1. The summed E-state index contributed by atoms with van der Waals surface area (Å²) in [6.45, 7) is 1.90. The summed E-state index contributed by atoms with van der Waals surface area (Å²) in [4.78, 5) is 4.59. The molecular weight excluding hydrogens is 428 g/mol. The highest BCUT2D eigenvalue weighted by Crippen LogP contribution is 2.27. The summed E-state index contributed by atoms with van der Waals surface area (Å²) in [5.41, 5.74) is 2.97. The maximum atomic E-state index is 13.1. The standard InChI is InChI=1S/C25H19ClN2O2S/c1-18-11-14-21(15-12-18)31(29,30)28-24(16-13-19-7-3-2-4-8-19)22-17-20-9-5-6-10-23(20)27-25(22)26/h2-12,14-15,17,24,28H,1H3. The Balaban J connectivity index is 1.79. The molecule has 1 atom stereocenters. The SMILES string of the molecule is Cc1ccc(S(=O)(=O)NC(C#Cc2ccccc2)c2cc3ccccc3nc2Cl)cc1. The fraction of sp³-hybridized carbons (Fsp3) is 0.0800. The van der Waals surface area contributed by atoms with Crippen LogP contribution in [0.2, 0.25) is 5.15 Å². The van der Waals surface area contributed by atoms with Crippen molar-refractivity contribution in [2.45, 2.75) is 17.9 Å². The van der Waals surface area contributed by atoms with Crippen LogP contribution < -0.4 is 4.72 Å². The third kappa shape index (κ3) is 4.95. The van der Waals surface area contributed by atoms with Gasteiger partial charge in [-0.2, -0.15) is 4.72 Å². The lowest BCUT2D eigenvalue weighted by Gasteiger charge is -2.16. The van der Waals surface area contributed by atoms with Gasteiger partial charge in [0.1, 0.15) is 11.2 Å².